The van der Waals surface area contributed by atoms with Gasteiger partial charge in [0, 0.05) is 12.5 Å². The number of nitrogens with zero attached hydrogens (tertiary/aromatic N) is 1. The van der Waals surface area contributed by atoms with E-state index >= 15 is 0 Å². The Hall–Kier alpha value is -1.36. The summed E-state index contributed by atoms with van der Waals surface area (Å²) >= 11 is 0. The minimum atomic E-state index is -0.113. The summed E-state index contributed by atoms with van der Waals surface area (Å²) in [5, 5.41) is 6.07. The van der Waals surface area contributed by atoms with Crippen molar-refractivity contribution in [3.8, 4) is 0 Å². The lowest BCUT2D eigenvalue weighted by molar-refractivity contribution is -0.116. The summed E-state index contributed by atoms with van der Waals surface area (Å²) in [4.78, 5) is 11.2. The topological polar surface area (TPSA) is 81.2 Å². The molecule has 0 radical (unpaired) electrons. The fourth-order valence-electron chi connectivity index (χ4n) is 0.861. The van der Waals surface area contributed by atoms with Crippen molar-refractivity contribution in [1.29, 1.82) is 0 Å². The molecule has 5 heteroatoms. The van der Waals surface area contributed by atoms with Crippen molar-refractivity contribution in [2.45, 2.75) is 25.8 Å². The van der Waals surface area contributed by atoms with E-state index in [1.165, 1.54) is 12.5 Å². The van der Waals surface area contributed by atoms with Gasteiger partial charge in [0.2, 0.25) is 5.91 Å². The van der Waals surface area contributed by atoms with Crippen LogP contribution >= 0.6 is 0 Å². The smallest absolute Gasteiger partial charge is 0.226 e. The maximum absolute atomic E-state index is 11.2. The summed E-state index contributed by atoms with van der Waals surface area (Å²) in [6, 6.07) is -0.0835. The molecule has 1 unspecified atom stereocenters. The molecule has 0 spiro atoms. The second-order valence-electron chi connectivity index (χ2n) is 2.83. The molecule has 72 valence electrons. The highest BCUT2D eigenvalue weighted by Gasteiger charge is 2.08. The summed E-state index contributed by atoms with van der Waals surface area (Å²) < 4.78 is 4.55. The first-order valence-electron chi connectivity index (χ1n) is 4.17. The Morgan fingerprint density at radius 3 is 3.15 bits per heavy atom. The van der Waals surface area contributed by atoms with Crippen molar-refractivity contribution in [3.63, 3.8) is 0 Å². The Labute approximate surface area is 76.3 Å². The molecule has 1 amide bonds. The van der Waals surface area contributed by atoms with E-state index in [4.69, 9.17) is 5.73 Å². The average molecular weight is 183 g/mol. The van der Waals surface area contributed by atoms with Crippen LogP contribution in [0.3, 0.4) is 0 Å². The zero-order valence-corrected chi connectivity index (χ0v) is 7.49. The number of carbonyl (C=O) groups excluding carboxylic acids is 1. The van der Waals surface area contributed by atoms with E-state index in [9.17, 15) is 4.79 Å². The van der Waals surface area contributed by atoms with E-state index in [2.05, 4.69) is 15.0 Å². The Morgan fingerprint density at radius 2 is 2.62 bits per heavy atom. The second-order valence-corrected chi connectivity index (χ2v) is 2.83. The molecule has 1 atom stereocenters. The molecule has 0 saturated heterocycles. The number of carbonyl (C=O) groups is 1. The normalized spacial score (nSPS) is 12.5. The minimum absolute atomic E-state index is 0.0835. The van der Waals surface area contributed by atoms with Crippen LogP contribution in [0.4, 0.5) is 5.69 Å². The van der Waals surface area contributed by atoms with Gasteiger partial charge in [-0.1, -0.05) is 12.1 Å². The zero-order valence-electron chi connectivity index (χ0n) is 7.49. The predicted molar refractivity (Wildman–Crippen MR) is 48.0 cm³/mol. The molecule has 0 aromatic carbocycles. The molecule has 0 bridgehead atoms. The van der Waals surface area contributed by atoms with E-state index in [-0.39, 0.29) is 11.9 Å². The molecule has 1 heterocycles. The number of aromatic nitrogens is 1. The van der Waals surface area contributed by atoms with Gasteiger partial charge in [0.15, 0.2) is 0 Å². The summed E-state index contributed by atoms with van der Waals surface area (Å²) in [5.74, 6) is -0.113. The van der Waals surface area contributed by atoms with E-state index in [1.807, 2.05) is 6.92 Å². The van der Waals surface area contributed by atoms with Gasteiger partial charge >= 0.3 is 0 Å². The van der Waals surface area contributed by atoms with Gasteiger partial charge in [-0.05, 0) is 6.42 Å². The number of rotatable bonds is 4. The lowest BCUT2D eigenvalue weighted by atomic mass is 10.1. The minimum Gasteiger partial charge on any atom is -0.363 e. The van der Waals surface area contributed by atoms with Crippen LogP contribution in [-0.4, -0.2) is 17.1 Å². The van der Waals surface area contributed by atoms with Gasteiger partial charge in [-0.15, -0.1) is 0 Å². The standard InChI is InChI=1S/C8H13N3O2/c1-2-6(9)3-8(12)11-7-4-10-13-5-7/h4-6H,2-3,9H2,1H3,(H,11,12). The second kappa shape index (κ2) is 4.61. The first-order valence-corrected chi connectivity index (χ1v) is 4.17. The molecule has 3 N–H and O–H groups in total. The van der Waals surface area contributed by atoms with Crippen molar-refractivity contribution in [2.75, 3.05) is 5.32 Å². The number of hydrogen-bond acceptors (Lipinski definition) is 4. The Balaban J connectivity index is 2.34. The van der Waals surface area contributed by atoms with Gasteiger partial charge in [0.1, 0.15) is 12.0 Å². The molecule has 1 aromatic heterocycles. The number of anilines is 1. The van der Waals surface area contributed by atoms with Crippen molar-refractivity contribution in [3.05, 3.63) is 12.5 Å². The Bertz CT molecular complexity index is 258. The van der Waals surface area contributed by atoms with Crippen LogP contribution < -0.4 is 11.1 Å². The highest BCUT2D eigenvalue weighted by atomic mass is 16.5. The molecule has 5 nitrogen and oxygen atoms in total. The van der Waals surface area contributed by atoms with Crippen LogP contribution in [0.25, 0.3) is 0 Å². The summed E-state index contributed by atoms with van der Waals surface area (Å²) in [6.07, 6.45) is 3.92. The zero-order chi connectivity index (χ0) is 9.68. The van der Waals surface area contributed by atoms with E-state index < -0.39 is 0 Å². The predicted octanol–water partition coefficient (Wildman–Crippen LogP) is 0.740. The average Bonchev–Trinajstić information content (AvgIpc) is 2.56. The van der Waals surface area contributed by atoms with Crippen molar-refractivity contribution in [2.24, 2.45) is 5.73 Å². The van der Waals surface area contributed by atoms with Crippen LogP contribution in [0.2, 0.25) is 0 Å². The third kappa shape index (κ3) is 3.25. The van der Waals surface area contributed by atoms with E-state index in [0.29, 0.717) is 12.1 Å². The lowest BCUT2D eigenvalue weighted by Crippen LogP contribution is -2.26. The molecule has 0 aliphatic heterocycles. The molecule has 0 saturated carbocycles. The number of nitrogens with two attached hydrogens (primary N) is 1. The molecule has 0 fully saturated rings. The maximum Gasteiger partial charge on any atom is 0.226 e. The maximum atomic E-state index is 11.2. The lowest BCUT2D eigenvalue weighted by Gasteiger charge is -2.06. The summed E-state index contributed by atoms with van der Waals surface area (Å²) in [6.45, 7) is 1.94. The SMILES string of the molecule is CCC(N)CC(=O)Nc1cnoc1. The number of nitrogens with one attached hydrogen (secondary N) is 1. The van der Waals surface area contributed by atoms with Crippen LogP contribution in [0.1, 0.15) is 19.8 Å². The van der Waals surface area contributed by atoms with Crippen LogP contribution in [0, 0.1) is 0 Å². The number of hydrogen-bond donors (Lipinski definition) is 2. The Morgan fingerprint density at radius 1 is 1.85 bits per heavy atom. The first-order chi connectivity index (χ1) is 6.22. The van der Waals surface area contributed by atoms with Gasteiger partial charge in [-0.3, -0.25) is 4.79 Å². The first kappa shape index (κ1) is 9.73. The Kier molecular flexibility index (Phi) is 3.45. The van der Waals surface area contributed by atoms with Gasteiger partial charge < -0.3 is 15.6 Å². The van der Waals surface area contributed by atoms with E-state index in [0.717, 1.165) is 6.42 Å². The van der Waals surface area contributed by atoms with Crippen LogP contribution in [0.5, 0.6) is 0 Å². The van der Waals surface area contributed by atoms with Gasteiger partial charge in [0.25, 0.3) is 0 Å². The monoisotopic (exact) mass is 183 g/mol. The molecule has 1 rings (SSSR count). The third-order valence-electron chi connectivity index (χ3n) is 1.69. The van der Waals surface area contributed by atoms with Crippen LogP contribution in [0.15, 0.2) is 17.0 Å². The van der Waals surface area contributed by atoms with Crippen molar-refractivity contribution in [1.82, 2.24) is 5.16 Å². The van der Waals surface area contributed by atoms with Gasteiger partial charge in [-0.2, -0.15) is 0 Å². The molecular weight excluding hydrogens is 170 g/mol. The van der Waals surface area contributed by atoms with Crippen LogP contribution in [-0.2, 0) is 4.79 Å². The fraction of sp³-hybridized carbons (Fsp3) is 0.500. The molecular formula is C8H13N3O2. The number of amides is 1. The fourth-order valence-corrected chi connectivity index (χ4v) is 0.861. The summed E-state index contributed by atoms with van der Waals surface area (Å²) in [5.41, 5.74) is 6.17. The quantitative estimate of drug-likeness (QED) is 0.721. The van der Waals surface area contributed by atoms with Crippen molar-refractivity contribution < 1.29 is 9.32 Å². The van der Waals surface area contributed by atoms with Gasteiger partial charge in [-0.25, -0.2) is 0 Å². The highest BCUT2D eigenvalue weighted by molar-refractivity contribution is 5.90. The van der Waals surface area contributed by atoms with Crippen molar-refractivity contribution >= 4 is 11.6 Å². The largest absolute Gasteiger partial charge is 0.363 e. The highest BCUT2D eigenvalue weighted by Crippen LogP contribution is 2.05. The molecule has 0 aliphatic carbocycles. The molecule has 0 aliphatic rings. The van der Waals surface area contributed by atoms with Gasteiger partial charge in [0.05, 0.1) is 6.20 Å². The third-order valence-corrected chi connectivity index (χ3v) is 1.69. The molecule has 13 heavy (non-hydrogen) atoms. The van der Waals surface area contributed by atoms with E-state index in [1.54, 1.807) is 0 Å². The molecule has 1 aromatic rings. The summed E-state index contributed by atoms with van der Waals surface area (Å²) in [7, 11) is 0.